The van der Waals surface area contributed by atoms with Crippen LogP contribution in [-0.4, -0.2) is 14.4 Å². The van der Waals surface area contributed by atoms with Gasteiger partial charge in [-0.25, -0.2) is 4.98 Å². The minimum absolute atomic E-state index is 0.965. The number of benzene rings is 3. The van der Waals surface area contributed by atoms with Gasteiger partial charge in [0.05, 0.1) is 10.2 Å². The largest absolute Gasteiger partial charge is 0.298 e. The quantitative estimate of drug-likeness (QED) is 0.230. The molecule has 5 heteroatoms. The molecule has 0 spiro atoms. The second-order valence-electron chi connectivity index (χ2n) is 7.90. The summed E-state index contributed by atoms with van der Waals surface area (Å²) in [4.78, 5) is 9.02. The van der Waals surface area contributed by atoms with Crippen molar-refractivity contribution in [3.63, 3.8) is 0 Å². The Morgan fingerprint density at radius 1 is 0.645 bits per heavy atom. The highest BCUT2D eigenvalue weighted by Crippen LogP contribution is 2.46. The molecule has 8 aromatic rings. The Balaban J connectivity index is 1.68. The Hall–Kier alpha value is -3.54. The summed E-state index contributed by atoms with van der Waals surface area (Å²) in [6.07, 6.45) is 7.76. The van der Waals surface area contributed by atoms with E-state index >= 15 is 0 Å². The van der Waals surface area contributed by atoms with Gasteiger partial charge in [-0.05, 0) is 23.6 Å². The molecule has 0 unspecified atom stereocenters. The molecule has 31 heavy (non-hydrogen) atoms. The standard InChI is InChI=1S/C26H13N3S2/c1-2-4-20-18(3-1)22-21(30-20)8-7-16-17-6-5-15-14-9-10-27-13-19(14)26-28-11-12-29(26)23(15)25(17)31-24(16)22/h1-13H. The van der Waals surface area contributed by atoms with Gasteiger partial charge in [0.1, 0.15) is 5.65 Å². The number of thiophene rings is 2. The van der Waals surface area contributed by atoms with E-state index < -0.39 is 0 Å². The summed E-state index contributed by atoms with van der Waals surface area (Å²) >= 11 is 3.79. The number of hydrogen-bond acceptors (Lipinski definition) is 4. The highest BCUT2D eigenvalue weighted by atomic mass is 32.1. The third-order valence-corrected chi connectivity index (χ3v) is 8.74. The lowest BCUT2D eigenvalue weighted by Gasteiger charge is -2.08. The fourth-order valence-corrected chi connectivity index (χ4v) is 7.62. The Morgan fingerprint density at radius 2 is 1.52 bits per heavy atom. The van der Waals surface area contributed by atoms with Gasteiger partial charge in [0, 0.05) is 71.2 Å². The van der Waals surface area contributed by atoms with E-state index in [0.717, 1.165) is 11.0 Å². The summed E-state index contributed by atoms with van der Waals surface area (Å²) < 4.78 is 7.63. The molecule has 0 aliphatic carbocycles. The van der Waals surface area contributed by atoms with Gasteiger partial charge in [0.25, 0.3) is 0 Å². The van der Waals surface area contributed by atoms with E-state index in [4.69, 9.17) is 0 Å². The van der Waals surface area contributed by atoms with Crippen LogP contribution in [0.2, 0.25) is 0 Å². The molecule has 0 fully saturated rings. The van der Waals surface area contributed by atoms with Crippen molar-refractivity contribution in [1.29, 1.82) is 0 Å². The fraction of sp³-hybridized carbons (Fsp3) is 0. The molecule has 0 atom stereocenters. The monoisotopic (exact) mass is 431 g/mol. The van der Waals surface area contributed by atoms with Gasteiger partial charge in [0.15, 0.2) is 0 Å². The van der Waals surface area contributed by atoms with Gasteiger partial charge < -0.3 is 0 Å². The number of aromatic nitrogens is 3. The predicted molar refractivity (Wildman–Crippen MR) is 134 cm³/mol. The van der Waals surface area contributed by atoms with E-state index in [1.807, 2.05) is 41.3 Å². The molecule has 0 saturated heterocycles. The summed E-state index contributed by atoms with van der Waals surface area (Å²) in [5, 5.41) is 8.93. The first-order chi connectivity index (χ1) is 15.4. The molecule has 0 aliphatic heterocycles. The number of fused-ring (bicyclic) bond motifs is 14. The van der Waals surface area contributed by atoms with Crippen LogP contribution in [0.15, 0.2) is 79.4 Å². The van der Waals surface area contributed by atoms with Crippen LogP contribution >= 0.6 is 22.7 Å². The molecule has 8 rings (SSSR count). The fourth-order valence-electron chi connectivity index (χ4n) is 5.04. The van der Waals surface area contributed by atoms with E-state index in [0.29, 0.717) is 0 Å². The van der Waals surface area contributed by atoms with Gasteiger partial charge in [-0.2, -0.15) is 0 Å². The third kappa shape index (κ3) is 1.93. The highest BCUT2D eigenvalue weighted by Gasteiger charge is 2.17. The molecule has 0 aliphatic rings. The van der Waals surface area contributed by atoms with Crippen LogP contribution in [0.25, 0.3) is 67.7 Å². The van der Waals surface area contributed by atoms with Gasteiger partial charge >= 0.3 is 0 Å². The Morgan fingerprint density at radius 3 is 2.52 bits per heavy atom. The SMILES string of the molecule is c1ccc2c(c1)sc1ccc3c4ccc5c6ccncc6c6nccn6c5c4sc3c12. The molecule has 0 radical (unpaired) electrons. The molecule has 0 N–H and O–H groups in total. The number of pyridine rings is 2. The van der Waals surface area contributed by atoms with Crippen molar-refractivity contribution in [3.8, 4) is 0 Å². The van der Waals surface area contributed by atoms with E-state index in [1.54, 1.807) is 0 Å². The zero-order valence-electron chi connectivity index (χ0n) is 16.2. The number of hydrogen-bond donors (Lipinski definition) is 0. The first-order valence-corrected chi connectivity index (χ1v) is 11.8. The van der Waals surface area contributed by atoms with E-state index in [9.17, 15) is 0 Å². The molecule has 144 valence electrons. The zero-order valence-corrected chi connectivity index (χ0v) is 17.8. The summed E-state index contributed by atoms with van der Waals surface area (Å²) in [6.45, 7) is 0. The molecule has 0 bridgehead atoms. The Kier molecular flexibility index (Phi) is 2.91. The van der Waals surface area contributed by atoms with Gasteiger partial charge in [-0.3, -0.25) is 9.38 Å². The molecular weight excluding hydrogens is 418 g/mol. The lowest BCUT2D eigenvalue weighted by Crippen LogP contribution is -1.91. The average molecular weight is 432 g/mol. The highest BCUT2D eigenvalue weighted by molar-refractivity contribution is 7.30. The van der Waals surface area contributed by atoms with Crippen LogP contribution in [0.4, 0.5) is 0 Å². The van der Waals surface area contributed by atoms with E-state index in [2.05, 4.69) is 75.2 Å². The number of rotatable bonds is 0. The number of imidazole rings is 1. The predicted octanol–water partition coefficient (Wildman–Crippen LogP) is 7.77. The summed E-state index contributed by atoms with van der Waals surface area (Å²) in [6, 6.07) is 20.0. The second-order valence-corrected chi connectivity index (χ2v) is 10.0. The van der Waals surface area contributed by atoms with Crippen LogP contribution in [0.3, 0.4) is 0 Å². The summed E-state index contributed by atoms with van der Waals surface area (Å²) in [7, 11) is 0. The van der Waals surface area contributed by atoms with Gasteiger partial charge in [0.2, 0.25) is 0 Å². The van der Waals surface area contributed by atoms with Crippen LogP contribution in [-0.2, 0) is 0 Å². The smallest absolute Gasteiger partial charge is 0.146 e. The summed E-state index contributed by atoms with van der Waals surface area (Å²) in [5.74, 6) is 0. The lowest BCUT2D eigenvalue weighted by atomic mass is 10.0. The molecular formula is C26H13N3S2. The zero-order chi connectivity index (χ0) is 20.1. The van der Waals surface area contributed by atoms with Crippen LogP contribution < -0.4 is 0 Å². The minimum atomic E-state index is 0.965. The lowest BCUT2D eigenvalue weighted by molar-refractivity contribution is 1.27. The molecule has 3 aromatic carbocycles. The topological polar surface area (TPSA) is 30.2 Å². The van der Waals surface area contributed by atoms with Crippen molar-refractivity contribution >= 4 is 90.3 Å². The van der Waals surface area contributed by atoms with Crippen molar-refractivity contribution in [2.45, 2.75) is 0 Å². The molecule has 3 nitrogen and oxygen atoms in total. The van der Waals surface area contributed by atoms with Crippen LogP contribution in [0, 0.1) is 0 Å². The van der Waals surface area contributed by atoms with E-state index in [1.165, 1.54) is 56.6 Å². The van der Waals surface area contributed by atoms with Crippen molar-refractivity contribution in [2.24, 2.45) is 0 Å². The summed E-state index contributed by atoms with van der Waals surface area (Å²) in [5.41, 5.74) is 2.20. The first kappa shape index (κ1) is 16.2. The number of nitrogens with zero attached hydrogens (tertiary/aromatic N) is 3. The maximum absolute atomic E-state index is 4.67. The van der Waals surface area contributed by atoms with Crippen molar-refractivity contribution in [3.05, 3.63) is 79.4 Å². The Labute approximate surface area is 183 Å². The minimum Gasteiger partial charge on any atom is -0.298 e. The van der Waals surface area contributed by atoms with Crippen molar-refractivity contribution in [2.75, 3.05) is 0 Å². The first-order valence-electron chi connectivity index (χ1n) is 10.2. The average Bonchev–Trinajstić information content (AvgIpc) is 3.53. The normalized spacial score (nSPS) is 12.5. The molecule has 5 heterocycles. The van der Waals surface area contributed by atoms with E-state index in [-0.39, 0.29) is 0 Å². The van der Waals surface area contributed by atoms with Crippen LogP contribution in [0.5, 0.6) is 0 Å². The molecule has 5 aromatic heterocycles. The maximum atomic E-state index is 4.67. The molecule has 0 saturated carbocycles. The van der Waals surface area contributed by atoms with Crippen LogP contribution in [0.1, 0.15) is 0 Å². The van der Waals surface area contributed by atoms with Gasteiger partial charge in [-0.15, -0.1) is 22.7 Å². The third-order valence-electron chi connectivity index (χ3n) is 6.36. The van der Waals surface area contributed by atoms with Crippen molar-refractivity contribution < 1.29 is 0 Å². The van der Waals surface area contributed by atoms with Crippen molar-refractivity contribution in [1.82, 2.24) is 14.4 Å². The molecule has 0 amide bonds. The Bertz CT molecular complexity index is 2010. The maximum Gasteiger partial charge on any atom is 0.146 e. The second kappa shape index (κ2) is 5.58. The van der Waals surface area contributed by atoms with Gasteiger partial charge in [-0.1, -0.05) is 36.4 Å².